The zero-order valence-electron chi connectivity index (χ0n) is 5.79. The minimum absolute atomic E-state index is 0.296. The highest BCUT2D eigenvalue weighted by Gasteiger charge is 2.02. The van der Waals surface area contributed by atoms with E-state index >= 15 is 0 Å². The molecule has 0 unspecified atom stereocenters. The second-order valence-electron chi connectivity index (χ2n) is 1.79. The Bertz CT molecular complexity index is 296. The SMILES string of the molecule is C=Nc1ccnc(Cl)c1N=C. The Labute approximate surface area is 69.5 Å². The Morgan fingerprint density at radius 2 is 2.09 bits per heavy atom. The van der Waals surface area contributed by atoms with E-state index < -0.39 is 0 Å². The Morgan fingerprint density at radius 3 is 2.55 bits per heavy atom. The monoisotopic (exact) mass is 167 g/mol. The van der Waals surface area contributed by atoms with E-state index in [9.17, 15) is 0 Å². The van der Waals surface area contributed by atoms with Crippen molar-refractivity contribution in [3.8, 4) is 0 Å². The summed E-state index contributed by atoms with van der Waals surface area (Å²) < 4.78 is 0. The molecule has 0 spiro atoms. The summed E-state index contributed by atoms with van der Waals surface area (Å²) in [5.74, 6) is 0. The number of aromatic nitrogens is 1. The van der Waals surface area contributed by atoms with Crippen molar-refractivity contribution in [2.24, 2.45) is 9.98 Å². The topological polar surface area (TPSA) is 37.6 Å². The van der Waals surface area contributed by atoms with Gasteiger partial charge in [0, 0.05) is 6.20 Å². The third-order valence-corrected chi connectivity index (χ3v) is 1.46. The maximum absolute atomic E-state index is 5.68. The lowest BCUT2D eigenvalue weighted by Crippen LogP contribution is -1.74. The van der Waals surface area contributed by atoms with Gasteiger partial charge >= 0.3 is 0 Å². The van der Waals surface area contributed by atoms with Crippen LogP contribution in [0.5, 0.6) is 0 Å². The summed E-state index contributed by atoms with van der Waals surface area (Å²) in [6.07, 6.45) is 1.54. The molecule has 3 nitrogen and oxygen atoms in total. The summed E-state index contributed by atoms with van der Waals surface area (Å²) in [5.41, 5.74) is 1.07. The Morgan fingerprint density at radius 1 is 1.36 bits per heavy atom. The molecule has 1 rings (SSSR count). The van der Waals surface area contributed by atoms with Gasteiger partial charge < -0.3 is 0 Å². The number of rotatable bonds is 2. The van der Waals surface area contributed by atoms with Crippen LogP contribution in [0.1, 0.15) is 0 Å². The number of nitrogens with zero attached hydrogens (tertiary/aromatic N) is 3. The predicted molar refractivity (Wildman–Crippen MR) is 47.7 cm³/mol. The van der Waals surface area contributed by atoms with Crippen molar-refractivity contribution in [3.63, 3.8) is 0 Å². The van der Waals surface area contributed by atoms with E-state index in [1.807, 2.05) is 0 Å². The third kappa shape index (κ3) is 1.43. The van der Waals surface area contributed by atoms with Crippen LogP contribution in [0.15, 0.2) is 22.2 Å². The molecule has 0 fully saturated rings. The molecule has 1 aromatic heterocycles. The molecular formula is C7H6ClN3. The smallest absolute Gasteiger partial charge is 0.156 e. The zero-order valence-corrected chi connectivity index (χ0v) is 6.54. The second kappa shape index (κ2) is 3.25. The number of halogens is 1. The molecule has 0 saturated carbocycles. The van der Waals surface area contributed by atoms with Crippen LogP contribution in [0, 0.1) is 0 Å². The fourth-order valence-electron chi connectivity index (χ4n) is 0.693. The van der Waals surface area contributed by atoms with Gasteiger partial charge in [0.1, 0.15) is 5.69 Å². The lowest BCUT2D eigenvalue weighted by atomic mass is 10.3. The number of hydrogen-bond acceptors (Lipinski definition) is 3. The van der Waals surface area contributed by atoms with E-state index in [0.717, 1.165) is 0 Å². The molecule has 0 aliphatic heterocycles. The van der Waals surface area contributed by atoms with Crippen molar-refractivity contribution < 1.29 is 0 Å². The molecule has 0 N–H and O–H groups in total. The van der Waals surface area contributed by atoms with Gasteiger partial charge in [-0.3, -0.25) is 9.98 Å². The fourth-order valence-corrected chi connectivity index (χ4v) is 0.906. The van der Waals surface area contributed by atoms with Crippen LogP contribution in [0.4, 0.5) is 11.4 Å². The largest absolute Gasteiger partial charge is 0.262 e. The summed E-state index contributed by atoms with van der Waals surface area (Å²) >= 11 is 5.68. The molecule has 0 aliphatic carbocycles. The van der Waals surface area contributed by atoms with Gasteiger partial charge in [-0.2, -0.15) is 0 Å². The first kappa shape index (κ1) is 7.88. The minimum atomic E-state index is 0.296. The van der Waals surface area contributed by atoms with E-state index in [1.165, 1.54) is 0 Å². The van der Waals surface area contributed by atoms with E-state index in [-0.39, 0.29) is 0 Å². The van der Waals surface area contributed by atoms with Crippen LogP contribution in [0.3, 0.4) is 0 Å². The third-order valence-electron chi connectivity index (χ3n) is 1.19. The number of aliphatic imine (C=N–C) groups is 2. The summed E-state index contributed by atoms with van der Waals surface area (Å²) in [6, 6.07) is 1.67. The Hall–Kier alpha value is -1.22. The zero-order chi connectivity index (χ0) is 8.27. The van der Waals surface area contributed by atoms with Crippen molar-refractivity contribution in [1.29, 1.82) is 0 Å². The highest BCUT2D eigenvalue weighted by Crippen LogP contribution is 2.32. The van der Waals surface area contributed by atoms with Crippen molar-refractivity contribution in [2.45, 2.75) is 0 Å². The fraction of sp³-hybridized carbons (Fsp3) is 0. The highest BCUT2D eigenvalue weighted by atomic mass is 35.5. The van der Waals surface area contributed by atoms with Gasteiger partial charge in [-0.1, -0.05) is 11.6 Å². The molecule has 0 aliphatic rings. The second-order valence-corrected chi connectivity index (χ2v) is 2.14. The van der Waals surface area contributed by atoms with E-state index in [2.05, 4.69) is 28.4 Å². The number of hydrogen-bond donors (Lipinski definition) is 0. The molecule has 0 aromatic carbocycles. The average Bonchev–Trinajstić information content (AvgIpc) is 2.04. The lowest BCUT2D eigenvalue weighted by Gasteiger charge is -1.98. The molecule has 0 atom stereocenters. The molecule has 0 amide bonds. The minimum Gasteiger partial charge on any atom is -0.262 e. The molecule has 1 aromatic rings. The summed E-state index contributed by atoms with van der Waals surface area (Å²) in [6.45, 7) is 6.69. The van der Waals surface area contributed by atoms with Crippen molar-refractivity contribution in [1.82, 2.24) is 4.98 Å². The molecule has 1 heterocycles. The summed E-state index contributed by atoms with van der Waals surface area (Å²) in [4.78, 5) is 11.2. The Balaban J connectivity index is 3.35. The van der Waals surface area contributed by atoms with Crippen LogP contribution in [-0.4, -0.2) is 18.4 Å². The number of pyridine rings is 1. The van der Waals surface area contributed by atoms with Gasteiger partial charge in [0.15, 0.2) is 5.15 Å². The average molecular weight is 168 g/mol. The maximum atomic E-state index is 5.68. The van der Waals surface area contributed by atoms with E-state index in [0.29, 0.717) is 16.5 Å². The Kier molecular flexibility index (Phi) is 2.33. The molecule has 0 saturated heterocycles. The van der Waals surface area contributed by atoms with Gasteiger partial charge in [0.2, 0.25) is 0 Å². The van der Waals surface area contributed by atoms with Gasteiger partial charge in [-0.15, -0.1) is 0 Å². The van der Waals surface area contributed by atoms with E-state index in [1.54, 1.807) is 12.3 Å². The van der Waals surface area contributed by atoms with Crippen LogP contribution >= 0.6 is 11.6 Å². The molecule has 0 radical (unpaired) electrons. The van der Waals surface area contributed by atoms with Gasteiger partial charge in [0.05, 0.1) is 5.69 Å². The van der Waals surface area contributed by atoms with Crippen molar-refractivity contribution in [3.05, 3.63) is 17.4 Å². The van der Waals surface area contributed by atoms with Crippen molar-refractivity contribution >= 4 is 36.4 Å². The molecule has 56 valence electrons. The van der Waals surface area contributed by atoms with Crippen LogP contribution in [-0.2, 0) is 0 Å². The van der Waals surface area contributed by atoms with Crippen LogP contribution in [0.25, 0.3) is 0 Å². The first-order chi connectivity index (χ1) is 5.29. The summed E-state index contributed by atoms with van der Waals surface area (Å²) in [5, 5.41) is 0.296. The lowest BCUT2D eigenvalue weighted by molar-refractivity contribution is 1.30. The van der Waals surface area contributed by atoms with Gasteiger partial charge in [-0.05, 0) is 19.5 Å². The van der Waals surface area contributed by atoms with Crippen LogP contribution in [0.2, 0.25) is 5.15 Å². The van der Waals surface area contributed by atoms with Gasteiger partial charge in [0.25, 0.3) is 0 Å². The quantitative estimate of drug-likeness (QED) is 0.492. The van der Waals surface area contributed by atoms with E-state index in [4.69, 9.17) is 11.6 Å². The molecule has 4 heteroatoms. The first-order valence-electron chi connectivity index (χ1n) is 2.87. The standard InChI is InChI=1S/C7H6ClN3/c1-9-5-3-4-11-7(8)6(5)10-2/h3-4H,1-2H2. The first-order valence-corrected chi connectivity index (χ1v) is 3.25. The normalized spacial score (nSPS) is 9.18. The predicted octanol–water partition coefficient (Wildman–Crippen LogP) is 2.40. The molecule has 0 bridgehead atoms. The highest BCUT2D eigenvalue weighted by molar-refractivity contribution is 6.32. The van der Waals surface area contributed by atoms with Gasteiger partial charge in [-0.25, -0.2) is 4.98 Å². The van der Waals surface area contributed by atoms with Crippen molar-refractivity contribution in [2.75, 3.05) is 0 Å². The van der Waals surface area contributed by atoms with Crippen LogP contribution < -0.4 is 0 Å². The maximum Gasteiger partial charge on any atom is 0.156 e. The molecule has 11 heavy (non-hydrogen) atoms. The summed E-state index contributed by atoms with van der Waals surface area (Å²) in [7, 11) is 0. The molecular weight excluding hydrogens is 162 g/mol.